The molecule has 2 aromatic carbocycles. The summed E-state index contributed by atoms with van der Waals surface area (Å²) in [6.45, 7) is 5.35. The van der Waals surface area contributed by atoms with Crippen LogP contribution in [-0.4, -0.2) is 31.7 Å². The molecule has 28 heavy (non-hydrogen) atoms. The van der Waals surface area contributed by atoms with Crippen LogP contribution in [-0.2, 0) is 9.53 Å². The van der Waals surface area contributed by atoms with E-state index < -0.39 is 0 Å². The highest BCUT2D eigenvalue weighted by Gasteiger charge is 2.08. The summed E-state index contributed by atoms with van der Waals surface area (Å²) in [5.74, 6) is 1.09. The normalized spacial score (nSPS) is 10.2. The van der Waals surface area contributed by atoms with Crippen LogP contribution in [0.2, 0.25) is 0 Å². The van der Waals surface area contributed by atoms with Gasteiger partial charge in [0.25, 0.3) is 0 Å². The van der Waals surface area contributed by atoms with E-state index in [0.717, 1.165) is 17.9 Å². The molecule has 0 bridgehead atoms. The fourth-order valence-electron chi connectivity index (χ4n) is 2.41. The lowest BCUT2D eigenvalue weighted by molar-refractivity contribution is -0.116. The molecule has 2 rings (SSSR count). The third kappa shape index (κ3) is 7.31. The molecule has 0 saturated heterocycles. The third-order valence-electron chi connectivity index (χ3n) is 3.79. The molecule has 0 fully saturated rings. The highest BCUT2D eigenvalue weighted by molar-refractivity contribution is 5.93. The molecule has 0 heterocycles. The van der Waals surface area contributed by atoms with Crippen LogP contribution in [0.4, 0.5) is 5.69 Å². The zero-order chi connectivity index (χ0) is 20.2. The fraction of sp³-hybridized carbons (Fsp3) is 0.364. The number of carbonyl (C=O) groups is 2. The van der Waals surface area contributed by atoms with Crippen molar-refractivity contribution in [1.29, 1.82) is 0 Å². The summed E-state index contributed by atoms with van der Waals surface area (Å²) in [6, 6.07) is 14.1. The minimum atomic E-state index is -0.355. The average molecular weight is 385 g/mol. The van der Waals surface area contributed by atoms with Crippen molar-refractivity contribution in [1.82, 2.24) is 0 Å². The van der Waals surface area contributed by atoms with Crippen LogP contribution >= 0.6 is 0 Å². The lowest BCUT2D eigenvalue weighted by atomic mass is 10.2. The van der Waals surface area contributed by atoms with E-state index in [4.69, 9.17) is 14.2 Å². The van der Waals surface area contributed by atoms with Crippen molar-refractivity contribution in [3.63, 3.8) is 0 Å². The van der Waals surface area contributed by atoms with Crippen LogP contribution in [0.3, 0.4) is 0 Å². The van der Waals surface area contributed by atoms with Crippen molar-refractivity contribution in [2.75, 3.05) is 25.1 Å². The van der Waals surface area contributed by atoms with Crippen LogP contribution in [0.15, 0.2) is 48.5 Å². The van der Waals surface area contributed by atoms with Gasteiger partial charge in [0.05, 0.1) is 25.4 Å². The van der Waals surface area contributed by atoms with E-state index in [-0.39, 0.29) is 11.9 Å². The van der Waals surface area contributed by atoms with Gasteiger partial charge in [-0.15, -0.1) is 0 Å². The second-order valence-corrected chi connectivity index (χ2v) is 6.12. The summed E-state index contributed by atoms with van der Waals surface area (Å²) < 4.78 is 16.1. The Hall–Kier alpha value is -3.02. The predicted molar refractivity (Wildman–Crippen MR) is 108 cm³/mol. The van der Waals surface area contributed by atoms with E-state index in [1.165, 1.54) is 0 Å². The first-order valence-corrected chi connectivity index (χ1v) is 9.55. The van der Waals surface area contributed by atoms with E-state index in [0.29, 0.717) is 43.9 Å². The summed E-state index contributed by atoms with van der Waals surface area (Å²) in [6.07, 6.45) is 1.72. The maximum Gasteiger partial charge on any atom is 0.338 e. The minimum Gasteiger partial charge on any atom is -0.494 e. The van der Waals surface area contributed by atoms with Gasteiger partial charge in [-0.05, 0) is 68.3 Å². The van der Waals surface area contributed by atoms with Crippen molar-refractivity contribution in [2.45, 2.75) is 33.1 Å². The minimum absolute atomic E-state index is 0.100. The Morgan fingerprint density at radius 1 is 0.857 bits per heavy atom. The van der Waals surface area contributed by atoms with Gasteiger partial charge in [0.15, 0.2) is 0 Å². The van der Waals surface area contributed by atoms with Crippen LogP contribution in [0, 0.1) is 0 Å². The number of hydrogen-bond acceptors (Lipinski definition) is 5. The molecule has 6 heteroatoms. The molecule has 2 aromatic rings. The summed E-state index contributed by atoms with van der Waals surface area (Å²) in [4.78, 5) is 23.8. The molecule has 0 atom stereocenters. The Bertz CT molecular complexity index is 741. The van der Waals surface area contributed by atoms with Gasteiger partial charge in [-0.25, -0.2) is 4.79 Å². The summed E-state index contributed by atoms with van der Waals surface area (Å²) in [7, 11) is 0. The molecule has 0 aliphatic carbocycles. The van der Waals surface area contributed by atoms with Gasteiger partial charge in [0, 0.05) is 12.1 Å². The molecule has 1 N–H and O–H groups in total. The van der Waals surface area contributed by atoms with Crippen LogP contribution in [0.1, 0.15) is 43.5 Å². The van der Waals surface area contributed by atoms with E-state index in [1.54, 1.807) is 24.3 Å². The first kappa shape index (κ1) is 21.3. The van der Waals surface area contributed by atoms with Crippen LogP contribution in [0.25, 0.3) is 0 Å². The maximum atomic E-state index is 12.0. The van der Waals surface area contributed by atoms with Gasteiger partial charge in [-0.1, -0.05) is 6.92 Å². The number of hydrogen-bond donors (Lipinski definition) is 1. The number of esters is 1. The monoisotopic (exact) mass is 385 g/mol. The van der Waals surface area contributed by atoms with Crippen molar-refractivity contribution in [3.8, 4) is 11.5 Å². The molecular weight excluding hydrogens is 358 g/mol. The fourth-order valence-corrected chi connectivity index (χ4v) is 2.41. The molecule has 0 aromatic heterocycles. The zero-order valence-corrected chi connectivity index (χ0v) is 16.4. The van der Waals surface area contributed by atoms with E-state index >= 15 is 0 Å². The Kier molecular flexibility index (Phi) is 8.85. The Morgan fingerprint density at radius 3 is 2.11 bits per heavy atom. The number of carbonyl (C=O) groups excluding carboxylic acids is 2. The molecule has 6 nitrogen and oxygen atoms in total. The number of nitrogens with one attached hydrogen (secondary N) is 1. The number of ether oxygens (including phenoxy) is 3. The van der Waals surface area contributed by atoms with Gasteiger partial charge in [0.1, 0.15) is 11.5 Å². The number of amides is 1. The SMILES string of the molecule is CCCOC(=O)c1ccc(NC(=O)CCCOc2ccc(OCC)cc2)cc1. The lowest BCUT2D eigenvalue weighted by Crippen LogP contribution is -2.13. The second-order valence-electron chi connectivity index (χ2n) is 6.12. The molecule has 150 valence electrons. The van der Waals surface area contributed by atoms with E-state index in [9.17, 15) is 9.59 Å². The number of rotatable bonds is 11. The van der Waals surface area contributed by atoms with Crippen molar-refractivity contribution >= 4 is 17.6 Å². The predicted octanol–water partition coefficient (Wildman–Crippen LogP) is 4.45. The smallest absolute Gasteiger partial charge is 0.338 e. The van der Waals surface area contributed by atoms with Crippen molar-refractivity contribution in [2.24, 2.45) is 0 Å². The molecular formula is C22H27NO5. The molecule has 0 saturated carbocycles. The van der Waals surface area contributed by atoms with E-state index in [2.05, 4.69) is 5.32 Å². The van der Waals surface area contributed by atoms with Crippen molar-refractivity contribution < 1.29 is 23.8 Å². The van der Waals surface area contributed by atoms with E-state index in [1.807, 2.05) is 38.1 Å². The van der Waals surface area contributed by atoms with Gasteiger partial charge in [-0.3, -0.25) is 4.79 Å². The molecule has 0 unspecified atom stereocenters. The topological polar surface area (TPSA) is 73.9 Å². The zero-order valence-electron chi connectivity index (χ0n) is 16.4. The molecule has 0 aliphatic rings. The average Bonchev–Trinajstić information content (AvgIpc) is 2.71. The standard InChI is InChI=1S/C22H27NO5/c1-3-15-28-22(25)17-7-9-18(10-8-17)23-21(24)6-5-16-27-20-13-11-19(12-14-20)26-4-2/h7-14H,3-6,15-16H2,1-2H3,(H,23,24). The first-order valence-electron chi connectivity index (χ1n) is 9.55. The molecule has 1 amide bonds. The van der Waals surface area contributed by atoms with Crippen LogP contribution in [0.5, 0.6) is 11.5 Å². The summed E-state index contributed by atoms with van der Waals surface area (Å²) in [5, 5.41) is 2.81. The maximum absolute atomic E-state index is 12.0. The second kappa shape index (κ2) is 11.6. The number of anilines is 1. The summed E-state index contributed by atoms with van der Waals surface area (Å²) >= 11 is 0. The molecule has 0 aliphatic heterocycles. The lowest BCUT2D eigenvalue weighted by Gasteiger charge is -2.09. The van der Waals surface area contributed by atoms with Gasteiger partial charge < -0.3 is 19.5 Å². The molecule has 0 radical (unpaired) electrons. The summed E-state index contributed by atoms with van der Waals surface area (Å²) in [5.41, 5.74) is 1.11. The van der Waals surface area contributed by atoms with Gasteiger partial charge in [0.2, 0.25) is 5.91 Å². The number of benzene rings is 2. The van der Waals surface area contributed by atoms with Gasteiger partial charge in [-0.2, -0.15) is 0 Å². The third-order valence-corrected chi connectivity index (χ3v) is 3.79. The Morgan fingerprint density at radius 2 is 1.50 bits per heavy atom. The highest BCUT2D eigenvalue weighted by atomic mass is 16.5. The Labute approximate surface area is 165 Å². The Balaban J connectivity index is 1.68. The quantitative estimate of drug-likeness (QED) is 0.457. The van der Waals surface area contributed by atoms with Gasteiger partial charge >= 0.3 is 5.97 Å². The molecule has 0 spiro atoms. The first-order chi connectivity index (χ1) is 13.6. The van der Waals surface area contributed by atoms with Crippen molar-refractivity contribution in [3.05, 3.63) is 54.1 Å². The van der Waals surface area contributed by atoms with Crippen LogP contribution < -0.4 is 14.8 Å². The highest BCUT2D eigenvalue weighted by Crippen LogP contribution is 2.18. The largest absolute Gasteiger partial charge is 0.494 e.